The molecule has 30 heavy (non-hydrogen) atoms. The average molecular weight is 418 g/mol. The highest BCUT2D eigenvalue weighted by atomic mass is 19.4. The predicted octanol–water partition coefficient (Wildman–Crippen LogP) is 4.56. The van der Waals surface area contributed by atoms with E-state index >= 15 is 0 Å². The SMILES string of the molecule is O=C(Nc1ccc(N[C@@H]2CCCO2)nc1)c1nc(-c2ccccc2)oc1C(F)(F)F. The fourth-order valence-corrected chi connectivity index (χ4v) is 2.97. The van der Waals surface area contributed by atoms with Gasteiger partial charge in [-0.25, -0.2) is 9.97 Å². The number of pyridine rings is 1. The van der Waals surface area contributed by atoms with Crippen molar-refractivity contribution in [3.05, 3.63) is 60.1 Å². The molecule has 156 valence electrons. The van der Waals surface area contributed by atoms with Crippen LogP contribution in [-0.2, 0) is 10.9 Å². The van der Waals surface area contributed by atoms with E-state index in [2.05, 4.69) is 20.6 Å². The van der Waals surface area contributed by atoms with Crippen LogP contribution in [0.1, 0.15) is 29.1 Å². The topological polar surface area (TPSA) is 89.3 Å². The number of ether oxygens (including phenoxy) is 1. The summed E-state index contributed by atoms with van der Waals surface area (Å²) in [6.07, 6.45) is -1.86. The summed E-state index contributed by atoms with van der Waals surface area (Å²) in [5, 5.41) is 5.45. The van der Waals surface area contributed by atoms with Gasteiger partial charge < -0.3 is 19.8 Å². The third kappa shape index (κ3) is 4.43. The molecule has 2 N–H and O–H groups in total. The van der Waals surface area contributed by atoms with Crippen molar-refractivity contribution < 1.29 is 27.1 Å². The van der Waals surface area contributed by atoms with E-state index in [1.165, 1.54) is 24.4 Å². The number of carbonyl (C=O) groups is 1. The lowest BCUT2D eigenvalue weighted by atomic mass is 10.2. The molecule has 1 aromatic carbocycles. The van der Waals surface area contributed by atoms with Crippen molar-refractivity contribution in [2.24, 2.45) is 0 Å². The van der Waals surface area contributed by atoms with Crippen LogP contribution < -0.4 is 10.6 Å². The first kappa shape index (κ1) is 19.9. The summed E-state index contributed by atoms with van der Waals surface area (Å²) in [5.74, 6) is -2.26. The van der Waals surface area contributed by atoms with Crippen LogP contribution in [0.15, 0.2) is 53.1 Å². The standard InChI is InChI=1S/C20H17F3N4O3/c21-20(22,23)17-16(27-19(30-17)12-5-2-1-3-6-12)18(28)25-13-8-9-14(24-11-13)26-15-7-4-10-29-15/h1-3,5-6,8-9,11,15H,4,7,10H2,(H,24,26)(H,25,28)/t15-/m0/s1. The second-order valence-corrected chi connectivity index (χ2v) is 6.59. The van der Waals surface area contributed by atoms with Crippen LogP contribution in [0.25, 0.3) is 11.5 Å². The van der Waals surface area contributed by atoms with Gasteiger partial charge in [-0.2, -0.15) is 13.2 Å². The Labute approximate surface area is 169 Å². The van der Waals surface area contributed by atoms with E-state index in [4.69, 9.17) is 9.15 Å². The molecule has 1 fully saturated rings. The smallest absolute Gasteiger partial charge is 0.431 e. The molecular weight excluding hydrogens is 401 g/mol. The molecule has 0 aliphatic carbocycles. The zero-order chi connectivity index (χ0) is 21.1. The molecule has 3 aromatic rings. The molecule has 0 spiro atoms. The third-order valence-corrected chi connectivity index (χ3v) is 4.38. The fraction of sp³-hybridized carbons (Fsp3) is 0.250. The maximum atomic E-state index is 13.4. The van der Waals surface area contributed by atoms with Gasteiger partial charge >= 0.3 is 6.18 Å². The summed E-state index contributed by atoms with van der Waals surface area (Å²) < 4.78 is 50.5. The molecule has 1 amide bonds. The van der Waals surface area contributed by atoms with Crippen molar-refractivity contribution in [2.75, 3.05) is 17.2 Å². The molecule has 1 atom stereocenters. The lowest BCUT2D eigenvalue weighted by Crippen LogP contribution is -2.19. The van der Waals surface area contributed by atoms with E-state index in [1.54, 1.807) is 24.3 Å². The Balaban J connectivity index is 1.53. The van der Waals surface area contributed by atoms with Gasteiger partial charge in [-0.1, -0.05) is 18.2 Å². The number of oxazole rings is 1. The first-order chi connectivity index (χ1) is 14.4. The number of amides is 1. The Morgan fingerprint density at radius 3 is 2.57 bits per heavy atom. The number of rotatable bonds is 5. The van der Waals surface area contributed by atoms with Gasteiger partial charge in [-0.05, 0) is 37.1 Å². The van der Waals surface area contributed by atoms with E-state index in [9.17, 15) is 18.0 Å². The van der Waals surface area contributed by atoms with Gasteiger partial charge in [0.25, 0.3) is 5.91 Å². The normalized spacial score (nSPS) is 16.4. The minimum absolute atomic E-state index is 0.126. The summed E-state index contributed by atoms with van der Waals surface area (Å²) in [7, 11) is 0. The highest BCUT2D eigenvalue weighted by molar-refractivity contribution is 6.04. The quantitative estimate of drug-likeness (QED) is 0.632. The van der Waals surface area contributed by atoms with E-state index in [1.807, 2.05) is 0 Å². The molecule has 0 unspecified atom stereocenters. The second kappa shape index (κ2) is 8.15. The number of carbonyl (C=O) groups excluding carboxylic acids is 1. The minimum Gasteiger partial charge on any atom is -0.431 e. The monoisotopic (exact) mass is 418 g/mol. The van der Waals surface area contributed by atoms with Crippen molar-refractivity contribution >= 4 is 17.4 Å². The van der Waals surface area contributed by atoms with Crippen molar-refractivity contribution in [3.63, 3.8) is 0 Å². The first-order valence-electron chi connectivity index (χ1n) is 9.19. The Morgan fingerprint density at radius 1 is 1.13 bits per heavy atom. The summed E-state index contributed by atoms with van der Waals surface area (Å²) >= 11 is 0. The van der Waals surface area contributed by atoms with E-state index < -0.39 is 23.5 Å². The van der Waals surface area contributed by atoms with Gasteiger partial charge in [0.05, 0.1) is 11.9 Å². The maximum absolute atomic E-state index is 13.4. The molecule has 10 heteroatoms. The van der Waals surface area contributed by atoms with Crippen LogP contribution >= 0.6 is 0 Å². The van der Waals surface area contributed by atoms with Crippen LogP contribution in [0.4, 0.5) is 24.7 Å². The number of nitrogens with one attached hydrogen (secondary N) is 2. The Bertz CT molecular complexity index is 1010. The van der Waals surface area contributed by atoms with Crippen LogP contribution in [0, 0.1) is 0 Å². The van der Waals surface area contributed by atoms with E-state index in [0.717, 1.165) is 12.8 Å². The Morgan fingerprint density at radius 2 is 1.93 bits per heavy atom. The van der Waals surface area contributed by atoms with Crippen molar-refractivity contribution in [2.45, 2.75) is 25.2 Å². The number of aromatic nitrogens is 2. The first-order valence-corrected chi connectivity index (χ1v) is 9.19. The number of hydrogen-bond acceptors (Lipinski definition) is 6. The molecule has 1 saturated heterocycles. The minimum atomic E-state index is -4.87. The van der Waals surface area contributed by atoms with Crippen LogP contribution in [0.3, 0.4) is 0 Å². The molecule has 1 aliphatic heterocycles. The maximum Gasteiger partial charge on any atom is 0.452 e. The highest BCUT2D eigenvalue weighted by Crippen LogP contribution is 2.35. The zero-order valence-corrected chi connectivity index (χ0v) is 15.6. The van der Waals surface area contributed by atoms with Crippen LogP contribution in [0.5, 0.6) is 0 Å². The average Bonchev–Trinajstić information content (AvgIpc) is 3.40. The Kier molecular flexibility index (Phi) is 5.40. The van der Waals surface area contributed by atoms with Gasteiger partial charge in [-0.3, -0.25) is 4.79 Å². The Hall–Kier alpha value is -3.40. The van der Waals surface area contributed by atoms with Gasteiger partial charge in [0.15, 0.2) is 5.69 Å². The molecule has 3 heterocycles. The highest BCUT2D eigenvalue weighted by Gasteiger charge is 2.42. The molecule has 0 radical (unpaired) electrons. The number of alkyl halides is 3. The van der Waals surface area contributed by atoms with Crippen molar-refractivity contribution in [1.82, 2.24) is 9.97 Å². The molecule has 4 rings (SSSR count). The van der Waals surface area contributed by atoms with E-state index in [0.29, 0.717) is 18.0 Å². The van der Waals surface area contributed by atoms with Crippen LogP contribution in [-0.4, -0.2) is 28.7 Å². The second-order valence-electron chi connectivity index (χ2n) is 6.59. The number of benzene rings is 1. The predicted molar refractivity (Wildman–Crippen MR) is 102 cm³/mol. The third-order valence-electron chi connectivity index (χ3n) is 4.38. The molecule has 7 nitrogen and oxygen atoms in total. The molecule has 0 bridgehead atoms. The van der Waals surface area contributed by atoms with Gasteiger partial charge in [0, 0.05) is 12.2 Å². The largest absolute Gasteiger partial charge is 0.452 e. The fourth-order valence-electron chi connectivity index (χ4n) is 2.97. The lowest BCUT2D eigenvalue weighted by molar-refractivity contribution is -0.153. The molecule has 1 aliphatic rings. The van der Waals surface area contributed by atoms with Crippen molar-refractivity contribution in [1.29, 1.82) is 0 Å². The van der Waals surface area contributed by atoms with Gasteiger partial charge in [-0.15, -0.1) is 0 Å². The molecule has 2 aromatic heterocycles. The van der Waals surface area contributed by atoms with Gasteiger partial charge in [0.1, 0.15) is 12.0 Å². The zero-order valence-electron chi connectivity index (χ0n) is 15.6. The summed E-state index contributed by atoms with van der Waals surface area (Å²) in [4.78, 5) is 20.4. The summed E-state index contributed by atoms with van der Waals surface area (Å²) in [6.45, 7) is 0.677. The van der Waals surface area contributed by atoms with Crippen LogP contribution in [0.2, 0.25) is 0 Å². The summed E-state index contributed by atoms with van der Waals surface area (Å²) in [6, 6.07) is 11.2. The number of hydrogen-bond donors (Lipinski definition) is 2. The van der Waals surface area contributed by atoms with E-state index in [-0.39, 0.29) is 17.8 Å². The summed E-state index contributed by atoms with van der Waals surface area (Å²) in [5.41, 5.74) is -0.300. The molecule has 0 saturated carbocycles. The molecular formula is C20H17F3N4O3. The van der Waals surface area contributed by atoms with Crippen molar-refractivity contribution in [3.8, 4) is 11.5 Å². The number of anilines is 2. The number of halogens is 3. The lowest BCUT2D eigenvalue weighted by Gasteiger charge is -2.12. The van der Waals surface area contributed by atoms with Gasteiger partial charge in [0.2, 0.25) is 11.7 Å². The number of nitrogens with zero attached hydrogens (tertiary/aromatic N) is 2.